The normalized spacial score (nSPS) is 18.7. The Balaban J connectivity index is 2.55. The third kappa shape index (κ3) is 2.56. The van der Waals surface area contributed by atoms with E-state index in [0.717, 1.165) is 6.42 Å². The van der Waals surface area contributed by atoms with Crippen LogP contribution >= 0.6 is 0 Å². The Morgan fingerprint density at radius 2 is 2.15 bits per heavy atom. The predicted molar refractivity (Wildman–Crippen MR) is 70.6 cm³/mol. The zero-order valence-corrected chi connectivity index (χ0v) is 11.5. The largest absolute Gasteiger partial charge is 0.481 e. The molecule has 0 bridgehead atoms. The van der Waals surface area contributed by atoms with Crippen LogP contribution in [0.25, 0.3) is 0 Å². The first-order valence-corrected chi connectivity index (χ1v) is 6.50. The molecule has 1 amide bonds. The molecule has 108 valence electrons. The Morgan fingerprint density at radius 1 is 1.45 bits per heavy atom. The minimum Gasteiger partial charge on any atom is -0.481 e. The van der Waals surface area contributed by atoms with Crippen molar-refractivity contribution < 1.29 is 14.7 Å². The number of aliphatic carboxylic acids is 1. The number of rotatable bonds is 3. The first kappa shape index (κ1) is 14.2. The minimum absolute atomic E-state index is 0.209. The number of nitrogens with zero attached hydrogens (tertiary/aromatic N) is 2. The summed E-state index contributed by atoms with van der Waals surface area (Å²) in [5.41, 5.74) is 0.904. The Bertz CT molecular complexity index is 621. The maximum absolute atomic E-state index is 12.1. The van der Waals surface area contributed by atoms with E-state index in [0.29, 0.717) is 29.9 Å². The highest BCUT2D eigenvalue weighted by atomic mass is 16.4. The van der Waals surface area contributed by atoms with Gasteiger partial charge in [0.1, 0.15) is 6.04 Å². The monoisotopic (exact) mass is 279 g/mol. The van der Waals surface area contributed by atoms with E-state index in [4.69, 9.17) is 5.11 Å². The van der Waals surface area contributed by atoms with E-state index in [1.165, 1.54) is 4.57 Å². The average molecular weight is 279 g/mol. The zero-order valence-electron chi connectivity index (χ0n) is 11.5. The van der Waals surface area contributed by atoms with Gasteiger partial charge in [0.2, 0.25) is 5.91 Å². The fraction of sp³-hybridized carbons (Fsp3) is 0.538. The maximum Gasteiger partial charge on any atom is 0.348 e. The summed E-state index contributed by atoms with van der Waals surface area (Å²) in [6.07, 6.45) is 1.13. The highest BCUT2D eigenvalue weighted by molar-refractivity contribution is 5.81. The number of hydrogen-bond donors (Lipinski definition) is 2. The van der Waals surface area contributed by atoms with Crippen LogP contribution in [-0.2, 0) is 16.0 Å². The predicted octanol–water partition coefficient (Wildman–Crippen LogP) is -0.0617. The number of aromatic nitrogens is 2. The number of carbonyl (C=O) groups excluding carboxylic acids is 1. The second kappa shape index (κ2) is 5.44. The number of carboxylic acid groups (broad SMARTS) is 1. The summed E-state index contributed by atoms with van der Waals surface area (Å²) in [4.78, 5) is 38.7. The SMILES string of the molecule is Cc1nc(=O)n(C2CCCNC2=O)c(C)c1CC(=O)O. The third-order valence-corrected chi connectivity index (χ3v) is 3.60. The summed E-state index contributed by atoms with van der Waals surface area (Å²) < 4.78 is 1.32. The van der Waals surface area contributed by atoms with Crippen LogP contribution in [0.2, 0.25) is 0 Å². The van der Waals surface area contributed by atoms with E-state index in [1.807, 2.05) is 0 Å². The number of amides is 1. The van der Waals surface area contributed by atoms with Gasteiger partial charge in [-0.1, -0.05) is 0 Å². The molecule has 1 atom stereocenters. The fourth-order valence-corrected chi connectivity index (χ4v) is 2.59. The Labute approximate surface area is 115 Å². The molecule has 20 heavy (non-hydrogen) atoms. The van der Waals surface area contributed by atoms with Gasteiger partial charge in [-0.15, -0.1) is 0 Å². The highest BCUT2D eigenvalue weighted by Gasteiger charge is 2.27. The van der Waals surface area contributed by atoms with Crippen molar-refractivity contribution in [3.63, 3.8) is 0 Å². The van der Waals surface area contributed by atoms with Crippen molar-refractivity contribution in [1.82, 2.24) is 14.9 Å². The second-order valence-corrected chi connectivity index (χ2v) is 4.93. The van der Waals surface area contributed by atoms with Crippen molar-refractivity contribution in [3.05, 3.63) is 27.4 Å². The summed E-state index contributed by atoms with van der Waals surface area (Å²) >= 11 is 0. The molecule has 1 aromatic heterocycles. The van der Waals surface area contributed by atoms with Crippen molar-refractivity contribution in [2.45, 2.75) is 39.2 Å². The van der Waals surface area contributed by atoms with Crippen LogP contribution in [0.15, 0.2) is 4.79 Å². The van der Waals surface area contributed by atoms with E-state index in [9.17, 15) is 14.4 Å². The number of carbonyl (C=O) groups is 2. The van der Waals surface area contributed by atoms with E-state index in [-0.39, 0.29) is 12.3 Å². The molecule has 2 heterocycles. The molecule has 7 heteroatoms. The molecule has 1 fully saturated rings. The Kier molecular flexibility index (Phi) is 3.87. The number of carboxylic acids is 1. The van der Waals surface area contributed by atoms with Gasteiger partial charge >= 0.3 is 11.7 Å². The van der Waals surface area contributed by atoms with Crippen LogP contribution in [0.5, 0.6) is 0 Å². The standard InChI is InChI=1S/C13H17N3O4/c1-7-9(6-11(17)18)8(2)16(13(20)15-7)10-4-3-5-14-12(10)19/h10H,3-6H2,1-2H3,(H,14,19)(H,17,18). The van der Waals surface area contributed by atoms with Gasteiger partial charge < -0.3 is 10.4 Å². The smallest absolute Gasteiger partial charge is 0.348 e. The van der Waals surface area contributed by atoms with Crippen LogP contribution in [0.3, 0.4) is 0 Å². The van der Waals surface area contributed by atoms with Crippen molar-refractivity contribution in [3.8, 4) is 0 Å². The molecule has 1 aromatic rings. The van der Waals surface area contributed by atoms with Gasteiger partial charge in [0.15, 0.2) is 0 Å². The molecule has 0 saturated carbocycles. The molecular formula is C13H17N3O4. The molecule has 0 aliphatic carbocycles. The zero-order chi connectivity index (χ0) is 14.9. The summed E-state index contributed by atoms with van der Waals surface area (Å²) in [7, 11) is 0. The van der Waals surface area contributed by atoms with Crippen LogP contribution in [0, 0.1) is 13.8 Å². The first-order valence-electron chi connectivity index (χ1n) is 6.50. The quantitative estimate of drug-likeness (QED) is 0.807. The molecule has 1 aliphatic rings. The molecule has 2 N–H and O–H groups in total. The van der Waals surface area contributed by atoms with Gasteiger partial charge in [-0.05, 0) is 26.7 Å². The number of aryl methyl sites for hydroxylation is 1. The fourth-order valence-electron chi connectivity index (χ4n) is 2.59. The molecule has 0 spiro atoms. The molecule has 1 unspecified atom stereocenters. The van der Waals surface area contributed by atoms with E-state index in [1.54, 1.807) is 13.8 Å². The molecule has 1 aliphatic heterocycles. The van der Waals surface area contributed by atoms with E-state index < -0.39 is 17.7 Å². The van der Waals surface area contributed by atoms with Crippen LogP contribution in [0.4, 0.5) is 0 Å². The Morgan fingerprint density at radius 3 is 2.75 bits per heavy atom. The average Bonchev–Trinajstić information content (AvgIpc) is 2.36. The number of nitrogens with one attached hydrogen (secondary N) is 1. The number of piperidine rings is 1. The molecule has 7 nitrogen and oxygen atoms in total. The molecule has 0 aromatic carbocycles. The van der Waals surface area contributed by atoms with Gasteiger partial charge in [0.25, 0.3) is 0 Å². The minimum atomic E-state index is -0.990. The van der Waals surface area contributed by atoms with Gasteiger partial charge in [0.05, 0.1) is 6.42 Å². The van der Waals surface area contributed by atoms with Crippen LogP contribution < -0.4 is 11.0 Å². The number of hydrogen-bond acceptors (Lipinski definition) is 4. The molecule has 1 saturated heterocycles. The lowest BCUT2D eigenvalue weighted by Gasteiger charge is -2.26. The Hall–Kier alpha value is -2.18. The second-order valence-electron chi connectivity index (χ2n) is 4.93. The molecular weight excluding hydrogens is 262 g/mol. The highest BCUT2D eigenvalue weighted by Crippen LogP contribution is 2.20. The van der Waals surface area contributed by atoms with Gasteiger partial charge in [-0.2, -0.15) is 4.98 Å². The van der Waals surface area contributed by atoms with Crippen LogP contribution in [-0.4, -0.2) is 33.1 Å². The summed E-state index contributed by atoms with van der Waals surface area (Å²) in [5.74, 6) is -1.20. The van der Waals surface area contributed by atoms with Gasteiger partial charge in [-0.3, -0.25) is 14.2 Å². The topological polar surface area (TPSA) is 101 Å². The summed E-state index contributed by atoms with van der Waals surface area (Å²) in [5, 5.41) is 11.7. The first-order chi connectivity index (χ1) is 9.41. The van der Waals surface area contributed by atoms with Gasteiger partial charge in [0, 0.05) is 23.5 Å². The lowest BCUT2D eigenvalue weighted by Crippen LogP contribution is -2.43. The summed E-state index contributed by atoms with van der Waals surface area (Å²) in [6, 6.07) is -0.600. The van der Waals surface area contributed by atoms with Crippen molar-refractivity contribution in [1.29, 1.82) is 0 Å². The third-order valence-electron chi connectivity index (χ3n) is 3.60. The lowest BCUT2D eigenvalue weighted by molar-refractivity contribution is -0.136. The van der Waals surface area contributed by atoms with E-state index >= 15 is 0 Å². The molecule has 2 rings (SSSR count). The maximum atomic E-state index is 12.1. The summed E-state index contributed by atoms with van der Waals surface area (Å²) in [6.45, 7) is 3.87. The van der Waals surface area contributed by atoms with Crippen molar-refractivity contribution in [2.75, 3.05) is 6.54 Å². The van der Waals surface area contributed by atoms with Crippen molar-refractivity contribution >= 4 is 11.9 Å². The molecule has 0 radical (unpaired) electrons. The van der Waals surface area contributed by atoms with E-state index in [2.05, 4.69) is 10.3 Å². The lowest BCUT2D eigenvalue weighted by atomic mass is 10.0. The van der Waals surface area contributed by atoms with Gasteiger partial charge in [-0.25, -0.2) is 4.79 Å². The van der Waals surface area contributed by atoms with Crippen LogP contribution in [0.1, 0.15) is 35.8 Å². The van der Waals surface area contributed by atoms with Crippen molar-refractivity contribution in [2.24, 2.45) is 0 Å².